The van der Waals surface area contributed by atoms with Crippen LogP contribution in [0.1, 0.15) is 35.2 Å². The predicted molar refractivity (Wildman–Crippen MR) is 118 cm³/mol. The second-order valence-corrected chi connectivity index (χ2v) is 8.72. The number of aliphatic hydroxyl groups excluding tert-OH is 1. The minimum Gasteiger partial charge on any atom is -0.507 e. The third-order valence-electron chi connectivity index (χ3n) is 5.63. The Balaban J connectivity index is 1.68. The molecule has 3 aromatic rings. The van der Waals surface area contributed by atoms with Crippen LogP contribution in [0.15, 0.2) is 59.6 Å². The lowest BCUT2D eigenvalue weighted by Gasteiger charge is -2.23. The Hall–Kier alpha value is -3.45. The van der Waals surface area contributed by atoms with Crippen molar-refractivity contribution in [2.45, 2.75) is 32.4 Å². The van der Waals surface area contributed by atoms with Crippen LogP contribution in [-0.4, -0.2) is 27.9 Å². The van der Waals surface area contributed by atoms with E-state index in [9.17, 15) is 14.7 Å². The maximum Gasteiger partial charge on any atom is 0.301 e. The molecule has 1 amide bonds. The molecule has 1 fully saturated rings. The zero-order chi connectivity index (χ0) is 21.7. The van der Waals surface area contributed by atoms with E-state index >= 15 is 0 Å². The topological polar surface area (TPSA) is 79.7 Å². The number of carbonyl (C=O) groups excluding carboxylic acids is 2. The number of carbonyl (C=O) groups is 2. The van der Waals surface area contributed by atoms with Crippen LogP contribution < -0.4 is 9.64 Å². The number of hydrogen-bond acceptors (Lipinski definition) is 6. The normalized spacial score (nSPS) is 21.9. The first-order valence-electron chi connectivity index (χ1n) is 10.0. The molecule has 0 radical (unpaired) electrons. The zero-order valence-electron chi connectivity index (χ0n) is 17.0. The van der Waals surface area contributed by atoms with Crippen LogP contribution in [0, 0.1) is 6.92 Å². The van der Waals surface area contributed by atoms with E-state index < -0.39 is 17.7 Å². The maximum atomic E-state index is 13.1. The number of Topliss-reactive ketones (excluding diaryl/α,β-unsaturated/α-hetero) is 1. The molecule has 7 heteroatoms. The molecule has 5 rings (SSSR count). The van der Waals surface area contributed by atoms with Crippen molar-refractivity contribution in [1.82, 2.24) is 4.98 Å². The highest BCUT2D eigenvalue weighted by Crippen LogP contribution is 2.43. The number of amides is 1. The number of benzene rings is 2. The second kappa shape index (κ2) is 7.35. The SMILES string of the molecule is Cc1ccc([C@@H]2C(=C(O)c3ccc4c(c3)C[C@@H](C)O4)C(=O)C(=O)N2c2nccs2)cc1. The van der Waals surface area contributed by atoms with Gasteiger partial charge in [-0.05, 0) is 43.2 Å². The molecule has 0 saturated carbocycles. The summed E-state index contributed by atoms with van der Waals surface area (Å²) in [6, 6.07) is 12.2. The van der Waals surface area contributed by atoms with Crippen molar-refractivity contribution in [3.63, 3.8) is 0 Å². The average Bonchev–Trinajstić information content (AvgIpc) is 3.46. The summed E-state index contributed by atoms with van der Waals surface area (Å²) in [6.07, 6.45) is 2.38. The molecular weight excluding hydrogens is 412 g/mol. The summed E-state index contributed by atoms with van der Waals surface area (Å²) in [5.41, 5.74) is 3.32. The standard InChI is InChI=1S/C24H20N2O4S/c1-13-3-5-15(6-4-13)20-19(22(28)23(29)26(20)24-25-9-10-31-24)21(27)16-7-8-18-17(12-16)11-14(2)30-18/h3-10,12,14,20,27H,11H2,1-2H3/t14-,20-/m1/s1. The molecule has 1 aromatic heterocycles. The number of hydrogen-bond donors (Lipinski definition) is 1. The van der Waals surface area contributed by atoms with E-state index in [0.717, 1.165) is 28.9 Å². The quantitative estimate of drug-likeness (QED) is 0.377. The number of aliphatic hydroxyl groups is 1. The van der Waals surface area contributed by atoms with Crippen molar-refractivity contribution in [2.75, 3.05) is 4.90 Å². The van der Waals surface area contributed by atoms with Crippen LogP contribution >= 0.6 is 11.3 Å². The van der Waals surface area contributed by atoms with Gasteiger partial charge in [-0.1, -0.05) is 29.8 Å². The van der Waals surface area contributed by atoms with E-state index in [1.54, 1.807) is 23.7 Å². The zero-order valence-corrected chi connectivity index (χ0v) is 17.8. The lowest BCUT2D eigenvalue weighted by atomic mass is 9.94. The summed E-state index contributed by atoms with van der Waals surface area (Å²) in [7, 11) is 0. The van der Waals surface area contributed by atoms with Gasteiger partial charge in [-0.25, -0.2) is 4.98 Å². The molecule has 0 bridgehead atoms. The van der Waals surface area contributed by atoms with Crippen molar-refractivity contribution in [3.05, 3.63) is 81.9 Å². The molecular formula is C24H20N2O4S. The smallest absolute Gasteiger partial charge is 0.301 e. The summed E-state index contributed by atoms with van der Waals surface area (Å²) in [5, 5.41) is 13.4. The van der Waals surface area contributed by atoms with E-state index in [1.807, 2.05) is 44.2 Å². The van der Waals surface area contributed by atoms with Gasteiger partial charge in [0.15, 0.2) is 5.13 Å². The third-order valence-corrected chi connectivity index (χ3v) is 6.40. The first-order chi connectivity index (χ1) is 14.9. The highest BCUT2D eigenvalue weighted by molar-refractivity contribution is 7.14. The molecule has 2 atom stereocenters. The van der Waals surface area contributed by atoms with Crippen LogP contribution in [0.2, 0.25) is 0 Å². The summed E-state index contributed by atoms with van der Waals surface area (Å²) < 4.78 is 5.74. The minimum atomic E-state index is -0.754. The Kier molecular flexibility index (Phi) is 4.63. The van der Waals surface area contributed by atoms with Gasteiger partial charge < -0.3 is 9.84 Å². The summed E-state index contributed by atoms with van der Waals surface area (Å²) in [4.78, 5) is 31.7. The van der Waals surface area contributed by atoms with Crippen LogP contribution in [0.5, 0.6) is 5.75 Å². The molecule has 1 N–H and O–H groups in total. The first-order valence-corrected chi connectivity index (χ1v) is 10.9. The summed E-state index contributed by atoms with van der Waals surface area (Å²) in [6.45, 7) is 3.95. The van der Waals surface area contributed by atoms with Gasteiger partial charge in [0, 0.05) is 23.6 Å². The Morgan fingerprint density at radius 2 is 1.97 bits per heavy atom. The number of aryl methyl sites for hydroxylation is 1. The Morgan fingerprint density at radius 3 is 2.68 bits per heavy atom. The number of aromatic nitrogens is 1. The number of nitrogens with zero attached hydrogens (tertiary/aromatic N) is 2. The highest BCUT2D eigenvalue weighted by atomic mass is 32.1. The fraction of sp³-hybridized carbons (Fsp3) is 0.208. The maximum absolute atomic E-state index is 13.1. The van der Waals surface area contributed by atoms with Crippen LogP contribution in [0.3, 0.4) is 0 Å². The summed E-state index contributed by atoms with van der Waals surface area (Å²) in [5.74, 6) is -0.823. The van der Waals surface area contributed by atoms with E-state index in [1.165, 1.54) is 16.2 Å². The largest absolute Gasteiger partial charge is 0.507 e. The second-order valence-electron chi connectivity index (χ2n) is 7.85. The molecule has 2 aliphatic rings. The third kappa shape index (κ3) is 3.21. The molecule has 0 spiro atoms. The number of fused-ring (bicyclic) bond motifs is 1. The lowest BCUT2D eigenvalue weighted by Crippen LogP contribution is -2.29. The molecule has 1 saturated heterocycles. The molecule has 0 aliphatic carbocycles. The fourth-order valence-electron chi connectivity index (χ4n) is 4.15. The van der Waals surface area contributed by atoms with Gasteiger partial charge in [-0.3, -0.25) is 14.5 Å². The van der Waals surface area contributed by atoms with E-state index in [2.05, 4.69) is 4.98 Å². The van der Waals surface area contributed by atoms with E-state index in [-0.39, 0.29) is 17.4 Å². The Bertz CT molecular complexity index is 1210. The van der Waals surface area contributed by atoms with Gasteiger partial charge in [0.05, 0.1) is 11.6 Å². The Labute approximate surface area is 183 Å². The van der Waals surface area contributed by atoms with E-state index in [4.69, 9.17) is 4.74 Å². The van der Waals surface area contributed by atoms with Crippen molar-refractivity contribution in [3.8, 4) is 5.75 Å². The molecule has 31 heavy (non-hydrogen) atoms. The van der Waals surface area contributed by atoms with Gasteiger partial charge in [0.1, 0.15) is 17.6 Å². The lowest BCUT2D eigenvalue weighted by molar-refractivity contribution is -0.132. The highest BCUT2D eigenvalue weighted by Gasteiger charge is 2.48. The number of ether oxygens (including phenoxy) is 1. The number of ketones is 1. The minimum absolute atomic E-state index is 0.0652. The number of rotatable bonds is 3. The molecule has 0 unspecified atom stereocenters. The predicted octanol–water partition coefficient (Wildman–Crippen LogP) is 4.40. The first kappa shape index (κ1) is 19.5. The van der Waals surface area contributed by atoms with E-state index in [0.29, 0.717) is 10.7 Å². The molecule has 3 heterocycles. The fourth-order valence-corrected chi connectivity index (χ4v) is 4.82. The van der Waals surface area contributed by atoms with Gasteiger partial charge in [0.25, 0.3) is 5.78 Å². The molecule has 2 aliphatic heterocycles. The van der Waals surface area contributed by atoms with Crippen molar-refractivity contribution >= 4 is 33.9 Å². The Morgan fingerprint density at radius 1 is 1.19 bits per heavy atom. The molecule has 156 valence electrons. The van der Waals surface area contributed by atoms with Crippen LogP contribution in [0.25, 0.3) is 5.76 Å². The summed E-state index contributed by atoms with van der Waals surface area (Å²) >= 11 is 1.27. The number of thiazole rings is 1. The molecule has 6 nitrogen and oxygen atoms in total. The van der Waals surface area contributed by atoms with Crippen molar-refractivity contribution in [2.24, 2.45) is 0 Å². The number of anilines is 1. The molecule has 2 aromatic carbocycles. The van der Waals surface area contributed by atoms with Gasteiger partial charge in [0.2, 0.25) is 0 Å². The van der Waals surface area contributed by atoms with Gasteiger partial charge >= 0.3 is 5.91 Å². The monoisotopic (exact) mass is 432 g/mol. The van der Waals surface area contributed by atoms with Crippen molar-refractivity contribution < 1.29 is 19.4 Å². The average molecular weight is 433 g/mol. The van der Waals surface area contributed by atoms with Crippen LogP contribution in [-0.2, 0) is 16.0 Å². The van der Waals surface area contributed by atoms with Crippen LogP contribution in [0.4, 0.5) is 5.13 Å². The van der Waals surface area contributed by atoms with Gasteiger partial charge in [-0.15, -0.1) is 11.3 Å². The van der Waals surface area contributed by atoms with Crippen molar-refractivity contribution in [1.29, 1.82) is 0 Å². The van der Waals surface area contributed by atoms with Gasteiger partial charge in [-0.2, -0.15) is 0 Å².